The van der Waals surface area contributed by atoms with Crippen LogP contribution < -0.4 is 11.1 Å². The maximum Gasteiger partial charge on any atom is 0.305 e. The van der Waals surface area contributed by atoms with E-state index in [1.165, 1.54) is 0 Å². The quantitative estimate of drug-likeness (QED) is 0.690. The molecule has 1 aliphatic rings. The van der Waals surface area contributed by atoms with E-state index in [0.29, 0.717) is 12.3 Å². The fourth-order valence-corrected chi connectivity index (χ4v) is 2.27. The number of benzene rings is 1. The van der Waals surface area contributed by atoms with Crippen LogP contribution in [0.3, 0.4) is 0 Å². The van der Waals surface area contributed by atoms with E-state index < -0.39 is 12.0 Å². The van der Waals surface area contributed by atoms with Crippen molar-refractivity contribution < 1.29 is 14.7 Å². The molecule has 20 heavy (non-hydrogen) atoms. The first-order valence-corrected chi connectivity index (χ1v) is 6.88. The van der Waals surface area contributed by atoms with Gasteiger partial charge in [0, 0.05) is 6.04 Å². The average molecular weight is 276 g/mol. The molecule has 1 unspecified atom stereocenters. The number of carbonyl (C=O) groups excluding carboxylic acids is 1. The third kappa shape index (κ3) is 4.35. The molecule has 0 spiro atoms. The van der Waals surface area contributed by atoms with Gasteiger partial charge in [-0.25, -0.2) is 0 Å². The molecule has 1 amide bonds. The normalized spacial score (nSPS) is 17.2. The average Bonchev–Trinajstić information content (AvgIpc) is 3.22. The first-order valence-electron chi connectivity index (χ1n) is 6.88. The van der Waals surface area contributed by atoms with Crippen molar-refractivity contribution in [3.05, 3.63) is 35.9 Å². The van der Waals surface area contributed by atoms with Gasteiger partial charge in [-0.2, -0.15) is 0 Å². The van der Waals surface area contributed by atoms with E-state index in [-0.39, 0.29) is 18.4 Å². The number of hydrogen-bond donors (Lipinski definition) is 3. The van der Waals surface area contributed by atoms with Crippen LogP contribution in [0.1, 0.15) is 24.8 Å². The van der Waals surface area contributed by atoms with Crippen molar-refractivity contribution >= 4 is 11.9 Å². The molecule has 0 radical (unpaired) electrons. The van der Waals surface area contributed by atoms with Crippen molar-refractivity contribution in [3.63, 3.8) is 0 Å². The highest BCUT2D eigenvalue weighted by Crippen LogP contribution is 2.34. The predicted molar refractivity (Wildman–Crippen MR) is 75.0 cm³/mol. The molecule has 1 aliphatic carbocycles. The van der Waals surface area contributed by atoms with Crippen LogP contribution in [0.5, 0.6) is 0 Å². The largest absolute Gasteiger partial charge is 0.481 e. The highest BCUT2D eigenvalue weighted by atomic mass is 16.4. The number of aliphatic carboxylic acids is 1. The second-order valence-electron chi connectivity index (χ2n) is 5.35. The molecular weight excluding hydrogens is 256 g/mol. The lowest BCUT2D eigenvalue weighted by atomic mass is 10.0. The first kappa shape index (κ1) is 14.5. The molecule has 0 aliphatic heterocycles. The number of carboxylic acid groups (broad SMARTS) is 1. The van der Waals surface area contributed by atoms with Crippen LogP contribution in [-0.2, 0) is 16.0 Å². The van der Waals surface area contributed by atoms with Crippen LogP contribution >= 0.6 is 0 Å². The lowest BCUT2D eigenvalue weighted by molar-refractivity contribution is -0.138. The molecule has 1 fully saturated rings. The van der Waals surface area contributed by atoms with E-state index in [0.717, 1.165) is 18.4 Å². The van der Waals surface area contributed by atoms with Crippen molar-refractivity contribution in [1.82, 2.24) is 5.32 Å². The Morgan fingerprint density at radius 3 is 2.50 bits per heavy atom. The minimum atomic E-state index is -0.890. The molecule has 4 N–H and O–H groups in total. The van der Waals surface area contributed by atoms with E-state index in [4.69, 9.17) is 10.8 Å². The second-order valence-corrected chi connectivity index (χ2v) is 5.35. The van der Waals surface area contributed by atoms with Gasteiger partial charge in [-0.15, -0.1) is 0 Å². The summed E-state index contributed by atoms with van der Waals surface area (Å²) in [4.78, 5) is 22.8. The van der Waals surface area contributed by atoms with Crippen LogP contribution in [0.2, 0.25) is 0 Å². The van der Waals surface area contributed by atoms with Gasteiger partial charge in [0.05, 0.1) is 12.5 Å². The predicted octanol–water partition coefficient (Wildman–Crippen LogP) is 0.926. The summed E-state index contributed by atoms with van der Waals surface area (Å²) in [6, 6.07) is 8.61. The van der Waals surface area contributed by atoms with Crippen molar-refractivity contribution in [2.75, 3.05) is 0 Å². The number of carboxylic acids is 1. The Bertz CT molecular complexity index is 471. The van der Waals surface area contributed by atoms with Gasteiger partial charge in [-0.05, 0) is 30.7 Å². The summed E-state index contributed by atoms with van der Waals surface area (Å²) in [6.45, 7) is 0. The van der Waals surface area contributed by atoms with E-state index in [1.54, 1.807) is 0 Å². The summed E-state index contributed by atoms with van der Waals surface area (Å²) in [5, 5.41) is 11.7. The van der Waals surface area contributed by atoms with Gasteiger partial charge in [0.15, 0.2) is 0 Å². The van der Waals surface area contributed by atoms with E-state index >= 15 is 0 Å². The maximum absolute atomic E-state index is 12.0. The fourth-order valence-electron chi connectivity index (χ4n) is 2.27. The smallest absolute Gasteiger partial charge is 0.305 e. The molecular formula is C15H20N2O3. The number of carbonyl (C=O) groups is 2. The third-order valence-electron chi connectivity index (χ3n) is 3.55. The van der Waals surface area contributed by atoms with Crippen molar-refractivity contribution in [3.8, 4) is 0 Å². The van der Waals surface area contributed by atoms with E-state index in [1.807, 2.05) is 30.3 Å². The summed E-state index contributed by atoms with van der Waals surface area (Å²) in [5.41, 5.74) is 6.89. The topological polar surface area (TPSA) is 92.4 Å². The molecule has 5 nitrogen and oxygen atoms in total. The minimum absolute atomic E-state index is 0.0333. The zero-order valence-corrected chi connectivity index (χ0v) is 11.3. The van der Waals surface area contributed by atoms with Gasteiger partial charge in [-0.1, -0.05) is 30.3 Å². The molecule has 1 aromatic carbocycles. The number of nitrogens with two attached hydrogens (primary N) is 1. The summed E-state index contributed by atoms with van der Waals surface area (Å²) in [7, 11) is 0. The SMILES string of the molecule is N[C@@H](Cc1ccccc1)C(=O)NC(CC(=O)O)C1CC1. The van der Waals surface area contributed by atoms with Crippen LogP contribution in [0, 0.1) is 5.92 Å². The zero-order chi connectivity index (χ0) is 14.5. The Balaban J connectivity index is 1.87. The van der Waals surface area contributed by atoms with E-state index in [2.05, 4.69) is 5.32 Å². The van der Waals surface area contributed by atoms with Crippen LogP contribution in [0.25, 0.3) is 0 Å². The van der Waals surface area contributed by atoms with Crippen LogP contribution in [0.15, 0.2) is 30.3 Å². The highest BCUT2D eigenvalue weighted by molar-refractivity contribution is 5.82. The fraction of sp³-hybridized carbons (Fsp3) is 0.467. The van der Waals surface area contributed by atoms with Gasteiger partial charge in [-0.3, -0.25) is 9.59 Å². The van der Waals surface area contributed by atoms with Gasteiger partial charge in [0.1, 0.15) is 0 Å². The molecule has 2 rings (SSSR count). The Morgan fingerprint density at radius 1 is 1.30 bits per heavy atom. The van der Waals surface area contributed by atoms with Crippen molar-refractivity contribution in [2.24, 2.45) is 11.7 Å². The van der Waals surface area contributed by atoms with Gasteiger partial charge in [0.2, 0.25) is 5.91 Å². The molecule has 0 aromatic heterocycles. The van der Waals surface area contributed by atoms with Crippen LogP contribution in [-0.4, -0.2) is 29.1 Å². The Hall–Kier alpha value is -1.88. The lowest BCUT2D eigenvalue weighted by Gasteiger charge is -2.19. The second kappa shape index (κ2) is 6.52. The third-order valence-corrected chi connectivity index (χ3v) is 3.55. The number of nitrogens with one attached hydrogen (secondary N) is 1. The summed E-state index contributed by atoms with van der Waals surface area (Å²) >= 11 is 0. The van der Waals surface area contributed by atoms with Crippen LogP contribution in [0.4, 0.5) is 0 Å². The maximum atomic E-state index is 12.0. The Morgan fingerprint density at radius 2 is 1.95 bits per heavy atom. The standard InChI is InChI=1S/C15H20N2O3/c16-12(8-10-4-2-1-3-5-10)15(20)17-13(9-14(18)19)11-6-7-11/h1-5,11-13H,6-9,16H2,(H,17,20)(H,18,19)/t12-,13?/m0/s1. The molecule has 5 heteroatoms. The van der Waals surface area contributed by atoms with Crippen molar-refractivity contribution in [1.29, 1.82) is 0 Å². The summed E-state index contributed by atoms with van der Waals surface area (Å²) in [6.07, 6.45) is 2.38. The number of hydrogen-bond acceptors (Lipinski definition) is 3. The Labute approximate surface area is 118 Å². The highest BCUT2D eigenvalue weighted by Gasteiger charge is 2.34. The molecule has 108 valence electrons. The summed E-state index contributed by atoms with van der Waals surface area (Å²) < 4.78 is 0. The molecule has 2 atom stereocenters. The van der Waals surface area contributed by atoms with Gasteiger partial charge < -0.3 is 16.2 Å². The molecule has 0 bridgehead atoms. The van der Waals surface area contributed by atoms with Gasteiger partial charge >= 0.3 is 5.97 Å². The number of amides is 1. The van der Waals surface area contributed by atoms with Crippen molar-refractivity contribution in [2.45, 2.75) is 37.8 Å². The van der Waals surface area contributed by atoms with E-state index in [9.17, 15) is 9.59 Å². The minimum Gasteiger partial charge on any atom is -0.481 e. The summed E-state index contributed by atoms with van der Waals surface area (Å²) in [5.74, 6) is -0.871. The Kier molecular flexibility index (Phi) is 4.74. The molecule has 1 aromatic rings. The molecule has 0 saturated heterocycles. The zero-order valence-electron chi connectivity index (χ0n) is 11.3. The first-order chi connectivity index (χ1) is 9.56. The monoisotopic (exact) mass is 276 g/mol. The lowest BCUT2D eigenvalue weighted by Crippen LogP contribution is -2.47. The number of rotatable bonds is 7. The van der Waals surface area contributed by atoms with Gasteiger partial charge in [0.25, 0.3) is 0 Å². The molecule has 0 heterocycles. The molecule has 1 saturated carbocycles.